The van der Waals surface area contributed by atoms with Crippen LogP contribution in [-0.2, 0) is 17.5 Å². The second-order valence-corrected chi connectivity index (χ2v) is 7.59. The Hall–Kier alpha value is -2.05. The monoisotopic (exact) mass is 410 g/mol. The lowest BCUT2D eigenvalue weighted by molar-refractivity contribution is -0.137. The zero-order valence-electron chi connectivity index (χ0n) is 15.5. The van der Waals surface area contributed by atoms with Gasteiger partial charge in [-0.2, -0.15) is 13.2 Å². The third-order valence-corrected chi connectivity index (χ3v) is 5.41. The van der Waals surface area contributed by atoms with Gasteiger partial charge in [-0.3, -0.25) is 9.69 Å². The number of rotatable bonds is 4. The zero-order valence-corrected chi connectivity index (χ0v) is 16.3. The molecular weight excluding hydrogens is 389 g/mol. The summed E-state index contributed by atoms with van der Waals surface area (Å²) in [5.74, 6) is -0.584. The maximum Gasteiger partial charge on any atom is 0.416 e. The molecule has 2 aromatic carbocycles. The van der Waals surface area contributed by atoms with Crippen LogP contribution < -0.4 is 5.32 Å². The first-order valence-corrected chi connectivity index (χ1v) is 9.56. The molecule has 28 heavy (non-hydrogen) atoms. The molecule has 1 fully saturated rings. The van der Waals surface area contributed by atoms with E-state index in [2.05, 4.69) is 29.3 Å². The van der Waals surface area contributed by atoms with Crippen LogP contribution in [0.25, 0.3) is 0 Å². The van der Waals surface area contributed by atoms with Gasteiger partial charge in [-0.15, -0.1) is 0 Å². The molecule has 1 amide bonds. The lowest BCUT2D eigenvalue weighted by Crippen LogP contribution is -2.40. The average molecular weight is 411 g/mol. The highest BCUT2D eigenvalue weighted by Crippen LogP contribution is 2.34. The molecule has 1 saturated heterocycles. The van der Waals surface area contributed by atoms with Gasteiger partial charge in [0.2, 0.25) is 5.91 Å². The first-order chi connectivity index (χ1) is 13.2. The molecule has 2 aromatic rings. The summed E-state index contributed by atoms with van der Waals surface area (Å²) in [6.45, 7) is 4.26. The summed E-state index contributed by atoms with van der Waals surface area (Å²) in [4.78, 5) is 14.9. The molecule has 1 aliphatic heterocycles. The maximum absolute atomic E-state index is 12.9. The number of halogens is 4. The van der Waals surface area contributed by atoms with Crippen molar-refractivity contribution in [1.29, 1.82) is 0 Å². The van der Waals surface area contributed by atoms with Crippen LogP contribution in [0.2, 0.25) is 5.02 Å². The van der Waals surface area contributed by atoms with Gasteiger partial charge in [-0.1, -0.05) is 35.9 Å². The standard InChI is InChI=1S/C21H22ClF3N2O/c1-14-5-2-3-6-15(14)12-27-10-4-7-16(13-27)20(28)26-19-11-17(21(23,24)25)8-9-18(19)22/h2-3,5-6,8-9,11,16H,4,7,10,12-13H2,1H3,(H,26,28). The van der Waals surface area contributed by atoms with Crippen LogP contribution in [0.15, 0.2) is 42.5 Å². The number of nitrogens with zero attached hydrogens (tertiary/aromatic N) is 1. The Kier molecular flexibility index (Phi) is 6.30. The number of anilines is 1. The third kappa shape index (κ3) is 5.06. The summed E-state index contributed by atoms with van der Waals surface area (Å²) in [6, 6.07) is 11.1. The van der Waals surface area contributed by atoms with E-state index in [-0.39, 0.29) is 22.5 Å². The number of carbonyl (C=O) groups is 1. The SMILES string of the molecule is Cc1ccccc1CN1CCCC(C(=O)Nc2cc(C(F)(F)F)ccc2Cl)C1. The second-order valence-electron chi connectivity index (χ2n) is 7.18. The number of piperidine rings is 1. The van der Waals surface area contributed by atoms with Crippen molar-refractivity contribution in [2.45, 2.75) is 32.5 Å². The number of aryl methyl sites for hydroxylation is 1. The number of benzene rings is 2. The van der Waals surface area contributed by atoms with E-state index >= 15 is 0 Å². The first kappa shape index (κ1) is 20.7. The molecule has 0 bridgehead atoms. The van der Waals surface area contributed by atoms with Crippen molar-refractivity contribution in [3.8, 4) is 0 Å². The quantitative estimate of drug-likeness (QED) is 0.720. The van der Waals surface area contributed by atoms with Crippen LogP contribution in [-0.4, -0.2) is 23.9 Å². The summed E-state index contributed by atoms with van der Waals surface area (Å²) in [5.41, 5.74) is 1.57. The Morgan fingerprint density at radius 3 is 2.71 bits per heavy atom. The fourth-order valence-corrected chi connectivity index (χ4v) is 3.64. The van der Waals surface area contributed by atoms with Gasteiger partial charge < -0.3 is 5.32 Å². The fourth-order valence-electron chi connectivity index (χ4n) is 3.47. The number of carbonyl (C=O) groups excluding carboxylic acids is 1. The van der Waals surface area contributed by atoms with Gasteiger partial charge in [0.15, 0.2) is 0 Å². The number of nitrogens with one attached hydrogen (secondary N) is 1. The van der Waals surface area contributed by atoms with Crippen molar-refractivity contribution in [1.82, 2.24) is 4.90 Å². The zero-order chi connectivity index (χ0) is 20.3. The highest BCUT2D eigenvalue weighted by molar-refractivity contribution is 6.33. The van der Waals surface area contributed by atoms with Crippen LogP contribution in [0.4, 0.5) is 18.9 Å². The molecule has 1 aliphatic rings. The normalized spacial score (nSPS) is 18.1. The number of alkyl halides is 3. The maximum atomic E-state index is 12.9. The molecule has 7 heteroatoms. The van der Waals surface area contributed by atoms with Gasteiger partial charge in [0.05, 0.1) is 22.2 Å². The number of hydrogen-bond donors (Lipinski definition) is 1. The predicted octanol–water partition coefficient (Wildman–Crippen LogP) is 5.52. The fraction of sp³-hybridized carbons (Fsp3) is 0.381. The molecule has 0 radical (unpaired) electrons. The molecule has 1 heterocycles. The molecule has 0 aliphatic carbocycles. The highest BCUT2D eigenvalue weighted by Gasteiger charge is 2.32. The van der Waals surface area contributed by atoms with E-state index in [1.165, 1.54) is 11.1 Å². The van der Waals surface area contributed by atoms with Crippen molar-refractivity contribution >= 4 is 23.2 Å². The van der Waals surface area contributed by atoms with E-state index in [9.17, 15) is 18.0 Å². The van der Waals surface area contributed by atoms with E-state index in [1.807, 2.05) is 12.1 Å². The third-order valence-electron chi connectivity index (χ3n) is 5.08. The van der Waals surface area contributed by atoms with Crippen LogP contribution in [0.3, 0.4) is 0 Å². The van der Waals surface area contributed by atoms with Gasteiger partial charge in [0.1, 0.15) is 0 Å². The molecule has 150 valence electrons. The van der Waals surface area contributed by atoms with Crippen LogP contribution in [0.5, 0.6) is 0 Å². The Bertz CT molecular complexity index is 854. The molecule has 0 aromatic heterocycles. The molecule has 0 spiro atoms. The minimum atomic E-state index is -4.49. The van der Waals surface area contributed by atoms with Crippen molar-refractivity contribution in [2.75, 3.05) is 18.4 Å². The van der Waals surface area contributed by atoms with Crippen molar-refractivity contribution in [2.24, 2.45) is 5.92 Å². The van der Waals surface area contributed by atoms with Gasteiger partial charge >= 0.3 is 6.18 Å². The topological polar surface area (TPSA) is 32.3 Å². The summed E-state index contributed by atoms with van der Waals surface area (Å²) in [5, 5.41) is 2.68. The minimum absolute atomic E-state index is 0.00230. The van der Waals surface area contributed by atoms with E-state index in [4.69, 9.17) is 11.6 Å². The van der Waals surface area contributed by atoms with Gasteiger partial charge in [0.25, 0.3) is 0 Å². The Labute approximate surface area is 167 Å². The van der Waals surface area contributed by atoms with Crippen LogP contribution in [0.1, 0.15) is 29.5 Å². The average Bonchev–Trinajstić information content (AvgIpc) is 2.65. The van der Waals surface area contributed by atoms with Crippen LogP contribution >= 0.6 is 11.6 Å². The lowest BCUT2D eigenvalue weighted by Gasteiger charge is -2.32. The highest BCUT2D eigenvalue weighted by atomic mass is 35.5. The molecule has 3 rings (SSSR count). The Morgan fingerprint density at radius 2 is 2.00 bits per heavy atom. The largest absolute Gasteiger partial charge is 0.416 e. The Morgan fingerprint density at radius 1 is 1.25 bits per heavy atom. The summed E-state index contributed by atoms with van der Waals surface area (Å²) in [7, 11) is 0. The first-order valence-electron chi connectivity index (χ1n) is 9.18. The summed E-state index contributed by atoms with van der Waals surface area (Å²) in [6.07, 6.45) is -2.92. The predicted molar refractivity (Wildman–Crippen MR) is 104 cm³/mol. The van der Waals surface area contributed by atoms with Crippen molar-refractivity contribution < 1.29 is 18.0 Å². The lowest BCUT2D eigenvalue weighted by atomic mass is 9.96. The van der Waals surface area contributed by atoms with Gasteiger partial charge in [-0.05, 0) is 55.6 Å². The number of likely N-dealkylation sites (tertiary alicyclic amines) is 1. The number of hydrogen-bond acceptors (Lipinski definition) is 2. The molecule has 1 N–H and O–H groups in total. The molecule has 0 saturated carbocycles. The summed E-state index contributed by atoms with van der Waals surface area (Å²) < 4.78 is 38.8. The smallest absolute Gasteiger partial charge is 0.324 e. The van der Waals surface area contributed by atoms with E-state index < -0.39 is 11.7 Å². The minimum Gasteiger partial charge on any atom is -0.324 e. The molecular formula is C21H22ClF3N2O. The van der Waals surface area contributed by atoms with Gasteiger partial charge in [-0.25, -0.2) is 0 Å². The second kappa shape index (κ2) is 8.53. The molecule has 1 unspecified atom stereocenters. The molecule has 1 atom stereocenters. The van der Waals surface area contributed by atoms with Crippen molar-refractivity contribution in [3.05, 3.63) is 64.2 Å². The van der Waals surface area contributed by atoms with Crippen molar-refractivity contribution in [3.63, 3.8) is 0 Å². The van der Waals surface area contributed by atoms with Gasteiger partial charge in [0, 0.05) is 13.1 Å². The Balaban J connectivity index is 1.67. The van der Waals surface area contributed by atoms with E-state index in [0.717, 1.165) is 37.7 Å². The number of amides is 1. The van der Waals surface area contributed by atoms with E-state index in [0.29, 0.717) is 13.0 Å². The molecule has 3 nitrogen and oxygen atoms in total. The van der Waals surface area contributed by atoms with Crippen LogP contribution in [0, 0.1) is 12.8 Å². The van der Waals surface area contributed by atoms with E-state index in [1.54, 1.807) is 0 Å². The summed E-state index contributed by atoms with van der Waals surface area (Å²) >= 11 is 5.99.